The van der Waals surface area contributed by atoms with Crippen molar-refractivity contribution in [3.63, 3.8) is 0 Å². The minimum Gasteiger partial charge on any atom is -0.324 e. The normalized spacial score (nSPS) is 22.7. The first-order valence-corrected chi connectivity index (χ1v) is 11.7. The Hall–Kier alpha value is -3.27. The summed E-state index contributed by atoms with van der Waals surface area (Å²) in [6.07, 6.45) is 7.39. The molecule has 10 nitrogen and oxygen atoms in total. The molecule has 2 aliphatic heterocycles. The summed E-state index contributed by atoms with van der Waals surface area (Å²) in [6, 6.07) is 6.38. The van der Waals surface area contributed by atoms with Crippen LogP contribution in [0.3, 0.4) is 0 Å². The number of imidazole rings is 1. The Morgan fingerprint density at radius 1 is 1.09 bits per heavy atom. The van der Waals surface area contributed by atoms with Gasteiger partial charge in [-0.2, -0.15) is 4.57 Å². The van der Waals surface area contributed by atoms with Crippen LogP contribution in [0.4, 0.5) is 4.79 Å². The van der Waals surface area contributed by atoms with Gasteiger partial charge in [-0.3, -0.25) is 19.7 Å². The van der Waals surface area contributed by atoms with E-state index < -0.39 is 17.3 Å². The average Bonchev–Trinajstić information content (AvgIpc) is 3.33. The van der Waals surface area contributed by atoms with Gasteiger partial charge in [0.1, 0.15) is 0 Å². The molecule has 0 spiro atoms. The summed E-state index contributed by atoms with van der Waals surface area (Å²) in [7, 11) is 0. The molecule has 1 amide bonds. The molecule has 5 heterocycles. The van der Waals surface area contributed by atoms with E-state index in [2.05, 4.69) is 25.9 Å². The number of nitrogens with zero attached hydrogens (tertiary/aromatic N) is 6. The third-order valence-electron chi connectivity index (χ3n) is 7.17. The van der Waals surface area contributed by atoms with Gasteiger partial charge in [0.15, 0.2) is 11.2 Å². The molecule has 33 heavy (non-hydrogen) atoms. The standard InChI is InChI=1S/C23H29N7O3/c1-3-27(4-2)23(33)30-21-19(20(31)26-22(30)32)25-14-29(21)18-11-16-8-9-17(12-18)28(16)13-15-7-5-6-10-24-15/h5-7,10,14,16-18H,3-4,8-9,11-13H2,1-2H3,(H,26,31,32). The maximum atomic E-state index is 13.2. The molecule has 2 unspecified atom stereocenters. The number of pyridine rings is 1. The van der Waals surface area contributed by atoms with Crippen LogP contribution in [0.15, 0.2) is 40.3 Å². The number of hydrogen-bond acceptors (Lipinski definition) is 6. The van der Waals surface area contributed by atoms with Crippen LogP contribution in [0, 0.1) is 0 Å². The average molecular weight is 452 g/mol. The van der Waals surface area contributed by atoms with Crippen LogP contribution in [0.1, 0.15) is 51.3 Å². The second kappa shape index (κ2) is 8.58. The van der Waals surface area contributed by atoms with Crippen LogP contribution < -0.4 is 11.2 Å². The molecule has 2 atom stereocenters. The summed E-state index contributed by atoms with van der Waals surface area (Å²) in [4.78, 5) is 53.6. The van der Waals surface area contributed by atoms with Crippen LogP contribution in [0.5, 0.6) is 0 Å². The number of rotatable bonds is 5. The number of amides is 1. The van der Waals surface area contributed by atoms with E-state index in [9.17, 15) is 14.4 Å². The van der Waals surface area contributed by atoms with Crippen molar-refractivity contribution in [2.24, 2.45) is 0 Å². The van der Waals surface area contributed by atoms with Crippen LogP contribution in [-0.4, -0.2) is 65.1 Å². The molecule has 0 radical (unpaired) electrons. The lowest BCUT2D eigenvalue weighted by Crippen LogP contribution is -2.45. The van der Waals surface area contributed by atoms with E-state index in [-0.39, 0.29) is 11.6 Å². The van der Waals surface area contributed by atoms with Gasteiger partial charge < -0.3 is 9.47 Å². The molecule has 174 valence electrons. The van der Waals surface area contributed by atoms with Gasteiger partial charge in [0, 0.05) is 44.0 Å². The topological polar surface area (TPSA) is 109 Å². The maximum Gasteiger partial charge on any atom is 0.338 e. The lowest BCUT2D eigenvalue weighted by molar-refractivity contribution is 0.0989. The first-order chi connectivity index (χ1) is 16.0. The summed E-state index contributed by atoms with van der Waals surface area (Å²) in [6.45, 7) is 5.47. The number of nitrogens with one attached hydrogen (secondary N) is 1. The Bertz CT molecular complexity index is 1260. The third kappa shape index (κ3) is 3.68. The van der Waals surface area contributed by atoms with E-state index in [1.807, 2.05) is 36.7 Å². The smallest absolute Gasteiger partial charge is 0.324 e. The third-order valence-corrected chi connectivity index (χ3v) is 7.17. The van der Waals surface area contributed by atoms with Gasteiger partial charge in [0.25, 0.3) is 5.56 Å². The van der Waals surface area contributed by atoms with Crippen LogP contribution in [-0.2, 0) is 6.54 Å². The van der Waals surface area contributed by atoms with Crippen molar-refractivity contribution >= 4 is 17.2 Å². The van der Waals surface area contributed by atoms with E-state index in [4.69, 9.17) is 0 Å². The van der Waals surface area contributed by atoms with Gasteiger partial charge >= 0.3 is 11.7 Å². The number of fused-ring (bicyclic) bond motifs is 3. The van der Waals surface area contributed by atoms with E-state index >= 15 is 0 Å². The Kier molecular flexibility index (Phi) is 5.61. The maximum absolute atomic E-state index is 13.2. The van der Waals surface area contributed by atoms with E-state index in [1.165, 1.54) is 0 Å². The highest BCUT2D eigenvalue weighted by Gasteiger charge is 2.42. The highest BCUT2D eigenvalue weighted by atomic mass is 16.2. The van der Waals surface area contributed by atoms with E-state index in [0.717, 1.165) is 42.5 Å². The zero-order chi connectivity index (χ0) is 23.1. The summed E-state index contributed by atoms with van der Waals surface area (Å²) < 4.78 is 2.97. The summed E-state index contributed by atoms with van der Waals surface area (Å²) >= 11 is 0. The molecular formula is C23H29N7O3. The zero-order valence-electron chi connectivity index (χ0n) is 19.0. The van der Waals surface area contributed by atoms with Crippen molar-refractivity contribution in [2.45, 2.75) is 64.2 Å². The minimum atomic E-state index is -0.721. The molecule has 10 heteroatoms. The minimum absolute atomic E-state index is 0.0597. The second-order valence-corrected chi connectivity index (χ2v) is 8.88. The summed E-state index contributed by atoms with van der Waals surface area (Å²) in [5, 5.41) is 0. The highest BCUT2D eigenvalue weighted by molar-refractivity contribution is 5.86. The van der Waals surface area contributed by atoms with Crippen molar-refractivity contribution in [1.29, 1.82) is 0 Å². The molecule has 2 bridgehead atoms. The number of carbonyl (C=O) groups is 1. The molecule has 2 saturated heterocycles. The number of hydrogen-bond donors (Lipinski definition) is 1. The molecule has 3 aromatic rings. The molecule has 5 rings (SSSR count). The lowest BCUT2D eigenvalue weighted by atomic mass is 9.96. The molecular weight excluding hydrogens is 422 g/mol. The molecule has 2 fully saturated rings. The Balaban J connectivity index is 1.51. The van der Waals surface area contributed by atoms with Crippen molar-refractivity contribution in [2.75, 3.05) is 13.1 Å². The van der Waals surface area contributed by atoms with Gasteiger partial charge in [0.05, 0.1) is 12.0 Å². The van der Waals surface area contributed by atoms with Crippen molar-refractivity contribution < 1.29 is 4.79 Å². The number of aromatic amines is 1. The second-order valence-electron chi connectivity index (χ2n) is 8.88. The fourth-order valence-corrected chi connectivity index (χ4v) is 5.53. The fraction of sp³-hybridized carbons (Fsp3) is 0.522. The predicted molar refractivity (Wildman–Crippen MR) is 123 cm³/mol. The molecule has 0 aromatic carbocycles. The lowest BCUT2D eigenvalue weighted by Gasteiger charge is -2.39. The molecule has 0 aliphatic carbocycles. The number of piperidine rings is 1. The number of H-pyrrole nitrogens is 1. The Labute approximate surface area is 190 Å². The largest absolute Gasteiger partial charge is 0.338 e. The van der Waals surface area contributed by atoms with E-state index in [0.29, 0.717) is 30.8 Å². The summed E-state index contributed by atoms with van der Waals surface area (Å²) in [5.74, 6) is 0. The van der Waals surface area contributed by atoms with E-state index in [1.54, 1.807) is 11.2 Å². The van der Waals surface area contributed by atoms with Gasteiger partial charge in [-0.1, -0.05) is 6.07 Å². The summed E-state index contributed by atoms with van der Waals surface area (Å²) in [5.41, 5.74) is 0.197. The highest BCUT2D eigenvalue weighted by Crippen LogP contribution is 2.42. The molecule has 3 aromatic heterocycles. The predicted octanol–water partition coefficient (Wildman–Crippen LogP) is 1.96. The Morgan fingerprint density at radius 3 is 2.45 bits per heavy atom. The first kappa shape index (κ1) is 21.6. The molecule has 2 aliphatic rings. The zero-order valence-corrected chi connectivity index (χ0v) is 19.0. The first-order valence-electron chi connectivity index (χ1n) is 11.7. The SMILES string of the molecule is CCN(CC)C(=O)n1c(=O)[nH]c(=O)c2ncn(C3CC4CCC(C3)N4Cc3ccccn3)c21. The monoisotopic (exact) mass is 451 g/mol. The van der Waals surface area contributed by atoms with Crippen LogP contribution >= 0.6 is 0 Å². The van der Waals surface area contributed by atoms with Gasteiger partial charge in [-0.15, -0.1) is 0 Å². The van der Waals surface area contributed by atoms with Crippen LogP contribution in [0.2, 0.25) is 0 Å². The molecule has 1 N–H and O–H groups in total. The number of carbonyl (C=O) groups excluding carboxylic acids is 1. The van der Waals surface area contributed by atoms with Gasteiger partial charge in [0.2, 0.25) is 0 Å². The van der Waals surface area contributed by atoms with Gasteiger partial charge in [-0.05, 0) is 51.7 Å². The van der Waals surface area contributed by atoms with Gasteiger partial charge in [-0.25, -0.2) is 14.6 Å². The fourth-order valence-electron chi connectivity index (χ4n) is 5.53. The quantitative estimate of drug-likeness (QED) is 0.635. The van der Waals surface area contributed by atoms with Crippen LogP contribution in [0.25, 0.3) is 11.2 Å². The van der Waals surface area contributed by atoms with Crippen molar-refractivity contribution in [3.8, 4) is 0 Å². The van der Waals surface area contributed by atoms with Crippen molar-refractivity contribution in [1.82, 2.24) is 33.9 Å². The number of aromatic nitrogens is 5. The Morgan fingerprint density at radius 2 is 1.82 bits per heavy atom. The van der Waals surface area contributed by atoms with Crippen molar-refractivity contribution in [3.05, 3.63) is 57.3 Å². The molecule has 0 saturated carbocycles.